The van der Waals surface area contributed by atoms with Crippen molar-refractivity contribution in [1.82, 2.24) is 14.9 Å². The molecule has 4 rings (SSSR count). The topological polar surface area (TPSA) is 116 Å². The number of rotatable bonds is 5. The Balaban J connectivity index is 1.80. The number of carbonyl (C=O) groups excluding carboxylic acids is 1. The van der Waals surface area contributed by atoms with Gasteiger partial charge in [0.15, 0.2) is 0 Å². The zero-order valence-electron chi connectivity index (χ0n) is 14.8. The number of fused-ring (bicyclic) bond motifs is 1. The van der Waals surface area contributed by atoms with Gasteiger partial charge in [0, 0.05) is 5.54 Å². The van der Waals surface area contributed by atoms with Crippen molar-refractivity contribution < 1.29 is 13.2 Å². The SMILES string of the molecule is Cc1nnc(N2C(=O)C(CC#N)c3ccc(S(=O)(=O)NC4(C)CC4)cc32)s1. The zero-order valence-corrected chi connectivity index (χ0v) is 16.4. The molecule has 2 aliphatic rings. The second kappa shape index (κ2) is 6.09. The Hall–Kier alpha value is -2.35. The summed E-state index contributed by atoms with van der Waals surface area (Å²) in [7, 11) is -3.71. The lowest BCUT2D eigenvalue weighted by Gasteiger charge is -2.16. The lowest BCUT2D eigenvalue weighted by molar-refractivity contribution is -0.118. The summed E-state index contributed by atoms with van der Waals surface area (Å²) in [6, 6.07) is 6.62. The number of nitrogens with zero attached hydrogens (tertiary/aromatic N) is 4. The third-order valence-corrected chi connectivity index (χ3v) is 7.29. The Morgan fingerprint density at radius 3 is 2.74 bits per heavy atom. The van der Waals surface area contributed by atoms with E-state index in [1.165, 1.54) is 28.4 Å². The average Bonchev–Trinajstić information content (AvgIpc) is 3.05. The van der Waals surface area contributed by atoms with Crippen molar-refractivity contribution in [2.75, 3.05) is 4.90 Å². The predicted molar refractivity (Wildman–Crippen MR) is 99.2 cm³/mol. The van der Waals surface area contributed by atoms with E-state index in [0.717, 1.165) is 12.8 Å². The van der Waals surface area contributed by atoms with Gasteiger partial charge in [-0.25, -0.2) is 13.1 Å². The zero-order chi connectivity index (χ0) is 19.4. The highest BCUT2D eigenvalue weighted by molar-refractivity contribution is 7.89. The number of anilines is 2. The molecule has 1 aromatic heterocycles. The highest BCUT2D eigenvalue weighted by Crippen LogP contribution is 2.45. The quantitative estimate of drug-likeness (QED) is 0.819. The molecule has 1 saturated carbocycles. The van der Waals surface area contributed by atoms with Gasteiger partial charge in [-0.15, -0.1) is 10.2 Å². The summed E-state index contributed by atoms with van der Waals surface area (Å²) in [6.07, 6.45) is 1.62. The van der Waals surface area contributed by atoms with Gasteiger partial charge >= 0.3 is 0 Å². The number of hydrogen-bond donors (Lipinski definition) is 1. The number of nitriles is 1. The first-order chi connectivity index (χ1) is 12.7. The minimum Gasteiger partial charge on any atom is -0.273 e. The fourth-order valence-corrected chi connectivity index (χ4v) is 5.31. The maximum absolute atomic E-state index is 12.9. The number of nitrogens with one attached hydrogen (secondary N) is 1. The lowest BCUT2D eigenvalue weighted by atomic mass is 9.98. The Bertz CT molecular complexity index is 1080. The van der Waals surface area contributed by atoms with Crippen LogP contribution in [-0.4, -0.2) is 30.1 Å². The van der Waals surface area contributed by atoms with Gasteiger partial charge in [-0.05, 0) is 44.4 Å². The summed E-state index contributed by atoms with van der Waals surface area (Å²) in [5, 5.41) is 18.1. The number of carbonyl (C=O) groups is 1. The van der Waals surface area contributed by atoms with Crippen LogP contribution in [0, 0.1) is 18.3 Å². The van der Waals surface area contributed by atoms with Crippen LogP contribution in [0.5, 0.6) is 0 Å². The Morgan fingerprint density at radius 2 is 2.15 bits per heavy atom. The van der Waals surface area contributed by atoms with Crippen LogP contribution >= 0.6 is 11.3 Å². The smallest absolute Gasteiger partial charge is 0.242 e. The molecule has 1 aliphatic carbocycles. The van der Waals surface area contributed by atoms with Crippen molar-refractivity contribution in [2.45, 2.75) is 49.5 Å². The molecule has 0 spiro atoms. The molecule has 27 heavy (non-hydrogen) atoms. The van der Waals surface area contributed by atoms with Crippen molar-refractivity contribution >= 4 is 38.1 Å². The monoisotopic (exact) mass is 403 g/mol. The molecule has 0 radical (unpaired) electrons. The molecule has 1 aromatic carbocycles. The number of aromatic nitrogens is 2. The molecule has 1 fully saturated rings. The van der Waals surface area contributed by atoms with Crippen LogP contribution < -0.4 is 9.62 Å². The second-order valence-corrected chi connectivity index (χ2v) is 9.92. The fraction of sp³-hybridized carbons (Fsp3) is 0.412. The van der Waals surface area contributed by atoms with Crippen LogP contribution in [0.2, 0.25) is 0 Å². The van der Waals surface area contributed by atoms with Crippen LogP contribution in [0.4, 0.5) is 10.8 Å². The lowest BCUT2D eigenvalue weighted by Crippen LogP contribution is -2.34. The van der Waals surface area contributed by atoms with E-state index in [4.69, 9.17) is 5.26 Å². The van der Waals surface area contributed by atoms with Crippen molar-refractivity contribution in [3.05, 3.63) is 28.8 Å². The van der Waals surface area contributed by atoms with Gasteiger partial charge in [0.25, 0.3) is 0 Å². The number of hydrogen-bond acceptors (Lipinski definition) is 7. The molecule has 2 heterocycles. The van der Waals surface area contributed by atoms with Crippen molar-refractivity contribution in [1.29, 1.82) is 5.26 Å². The van der Waals surface area contributed by atoms with Gasteiger partial charge in [0.05, 0.1) is 29.0 Å². The summed E-state index contributed by atoms with van der Waals surface area (Å²) < 4.78 is 28.2. The van der Waals surface area contributed by atoms with Gasteiger partial charge in [-0.3, -0.25) is 9.69 Å². The van der Waals surface area contributed by atoms with Gasteiger partial charge in [-0.2, -0.15) is 5.26 Å². The first-order valence-corrected chi connectivity index (χ1v) is 10.7. The summed E-state index contributed by atoms with van der Waals surface area (Å²) >= 11 is 1.24. The summed E-state index contributed by atoms with van der Waals surface area (Å²) in [4.78, 5) is 14.4. The van der Waals surface area contributed by atoms with E-state index >= 15 is 0 Å². The van der Waals surface area contributed by atoms with E-state index in [1.807, 2.05) is 13.0 Å². The standard InChI is InChI=1S/C17H17N5O3S2/c1-10-19-20-16(26-10)22-14-9-11(27(24,25)21-17(2)6-7-17)3-4-12(14)13(5-8-18)15(22)23/h3-4,9,13,21H,5-7H2,1-2H3. The highest BCUT2D eigenvalue weighted by atomic mass is 32.2. The third kappa shape index (κ3) is 3.12. The Morgan fingerprint density at radius 1 is 1.41 bits per heavy atom. The Kier molecular flexibility index (Phi) is 4.06. The van der Waals surface area contributed by atoms with E-state index in [9.17, 15) is 13.2 Å². The molecule has 1 amide bonds. The first kappa shape index (κ1) is 18.0. The molecule has 0 bridgehead atoms. The molecular weight excluding hydrogens is 386 g/mol. The minimum absolute atomic E-state index is 0.0164. The maximum atomic E-state index is 12.9. The minimum atomic E-state index is -3.71. The van der Waals surface area contributed by atoms with Gasteiger partial charge in [0.1, 0.15) is 5.01 Å². The molecule has 1 atom stereocenters. The van der Waals surface area contributed by atoms with Crippen LogP contribution in [0.1, 0.15) is 42.7 Å². The van der Waals surface area contributed by atoms with Crippen molar-refractivity contribution in [3.8, 4) is 6.07 Å². The summed E-state index contributed by atoms with van der Waals surface area (Å²) in [5.74, 6) is -0.931. The van der Waals surface area contributed by atoms with Crippen molar-refractivity contribution in [3.63, 3.8) is 0 Å². The average molecular weight is 403 g/mol. The normalized spacial score (nSPS) is 20.4. The molecule has 140 valence electrons. The van der Waals surface area contributed by atoms with Crippen molar-refractivity contribution in [2.24, 2.45) is 0 Å². The number of aryl methyl sites for hydroxylation is 1. The molecule has 1 aliphatic heterocycles. The number of amides is 1. The van der Waals surface area contributed by atoms with Gasteiger partial charge < -0.3 is 0 Å². The van der Waals surface area contributed by atoms with Crippen LogP contribution in [0.3, 0.4) is 0 Å². The molecule has 0 saturated heterocycles. The Labute approximate surface area is 160 Å². The molecule has 8 nitrogen and oxygen atoms in total. The van der Waals surface area contributed by atoms with Gasteiger partial charge in [0.2, 0.25) is 21.1 Å². The summed E-state index contributed by atoms with van der Waals surface area (Å²) in [6.45, 7) is 3.64. The first-order valence-electron chi connectivity index (χ1n) is 8.43. The number of sulfonamides is 1. The maximum Gasteiger partial charge on any atom is 0.242 e. The third-order valence-electron chi connectivity index (χ3n) is 4.83. The molecule has 1 unspecified atom stereocenters. The fourth-order valence-electron chi connectivity index (χ4n) is 3.12. The summed E-state index contributed by atoms with van der Waals surface area (Å²) in [5.41, 5.74) is 0.679. The second-order valence-electron chi connectivity index (χ2n) is 7.08. The van der Waals surface area contributed by atoms with E-state index in [1.54, 1.807) is 13.0 Å². The van der Waals surface area contributed by atoms with Crippen LogP contribution in [0.25, 0.3) is 0 Å². The largest absolute Gasteiger partial charge is 0.273 e. The molecule has 1 N–H and O–H groups in total. The number of benzene rings is 1. The predicted octanol–water partition coefficient (Wildman–Crippen LogP) is 2.35. The van der Waals surface area contributed by atoms with E-state index in [0.29, 0.717) is 21.4 Å². The van der Waals surface area contributed by atoms with E-state index in [2.05, 4.69) is 14.9 Å². The highest BCUT2D eigenvalue weighted by Gasteiger charge is 2.43. The van der Waals surface area contributed by atoms with E-state index in [-0.39, 0.29) is 17.2 Å². The molecule has 2 aromatic rings. The molecule has 10 heteroatoms. The van der Waals surface area contributed by atoms with Crippen LogP contribution in [0.15, 0.2) is 23.1 Å². The van der Waals surface area contributed by atoms with Crippen LogP contribution in [-0.2, 0) is 14.8 Å². The van der Waals surface area contributed by atoms with Gasteiger partial charge in [-0.1, -0.05) is 17.4 Å². The molecular formula is C17H17N5O3S2. The van der Waals surface area contributed by atoms with E-state index < -0.39 is 21.5 Å².